The van der Waals surface area contributed by atoms with Gasteiger partial charge in [-0.1, -0.05) is 39.4 Å². The van der Waals surface area contributed by atoms with Crippen LogP contribution in [0.1, 0.15) is 10.4 Å². The Labute approximate surface area is 165 Å². The van der Waals surface area contributed by atoms with Crippen molar-refractivity contribution >= 4 is 48.5 Å². The number of amides is 1. The second-order valence-corrected chi connectivity index (χ2v) is 8.00. The third kappa shape index (κ3) is 4.06. The van der Waals surface area contributed by atoms with E-state index in [9.17, 15) is 4.79 Å². The van der Waals surface area contributed by atoms with Crippen molar-refractivity contribution in [2.45, 2.75) is 0 Å². The van der Waals surface area contributed by atoms with Crippen LogP contribution in [0.2, 0.25) is 0 Å². The normalized spacial score (nSPS) is 11.1. The van der Waals surface area contributed by atoms with Crippen LogP contribution in [0.4, 0.5) is 5.13 Å². The number of rotatable bonds is 6. The SMILES string of the molecule is COc1cccc2sc(N(CCN(C)C)C(=O)c3cccc(Br)c3)nc12. The van der Waals surface area contributed by atoms with Gasteiger partial charge in [0.25, 0.3) is 5.91 Å². The number of methoxy groups -OCH3 is 1. The van der Waals surface area contributed by atoms with E-state index in [0.29, 0.717) is 23.0 Å². The zero-order valence-electron chi connectivity index (χ0n) is 14.9. The van der Waals surface area contributed by atoms with Gasteiger partial charge in [0, 0.05) is 23.1 Å². The maximum Gasteiger partial charge on any atom is 0.260 e. The minimum Gasteiger partial charge on any atom is -0.494 e. The lowest BCUT2D eigenvalue weighted by atomic mass is 10.2. The Morgan fingerprint density at radius 3 is 2.65 bits per heavy atom. The van der Waals surface area contributed by atoms with Crippen molar-refractivity contribution in [1.82, 2.24) is 9.88 Å². The summed E-state index contributed by atoms with van der Waals surface area (Å²) in [5, 5.41) is 0.677. The van der Waals surface area contributed by atoms with Crippen LogP contribution in [0.25, 0.3) is 10.2 Å². The zero-order chi connectivity index (χ0) is 18.7. The molecule has 1 aromatic heterocycles. The van der Waals surface area contributed by atoms with Crippen LogP contribution < -0.4 is 9.64 Å². The number of fused-ring (bicyclic) bond motifs is 1. The summed E-state index contributed by atoms with van der Waals surface area (Å²) in [6.45, 7) is 1.30. The molecule has 2 aromatic carbocycles. The van der Waals surface area contributed by atoms with Crippen molar-refractivity contribution in [3.05, 3.63) is 52.5 Å². The number of nitrogens with zero attached hydrogens (tertiary/aromatic N) is 3. The fraction of sp³-hybridized carbons (Fsp3) is 0.263. The molecule has 0 saturated carbocycles. The average Bonchev–Trinajstić information content (AvgIpc) is 3.05. The molecule has 0 aliphatic heterocycles. The van der Waals surface area contributed by atoms with Crippen molar-refractivity contribution < 1.29 is 9.53 Å². The van der Waals surface area contributed by atoms with Crippen LogP contribution in [0.3, 0.4) is 0 Å². The standard InChI is InChI=1S/C19H20BrN3O2S/c1-22(2)10-11-23(18(24)13-6-4-7-14(20)12-13)19-21-17-15(25-3)8-5-9-16(17)26-19/h4-9,12H,10-11H2,1-3H3. The van der Waals surface area contributed by atoms with Gasteiger partial charge in [0.05, 0.1) is 11.8 Å². The first-order chi connectivity index (χ1) is 12.5. The first-order valence-corrected chi connectivity index (χ1v) is 9.76. The largest absolute Gasteiger partial charge is 0.494 e. The van der Waals surface area contributed by atoms with Crippen LogP contribution in [-0.2, 0) is 0 Å². The molecule has 26 heavy (non-hydrogen) atoms. The Balaban J connectivity index is 2.02. The van der Waals surface area contributed by atoms with Gasteiger partial charge in [-0.2, -0.15) is 0 Å². The van der Waals surface area contributed by atoms with Gasteiger partial charge in [-0.15, -0.1) is 0 Å². The van der Waals surface area contributed by atoms with Gasteiger partial charge >= 0.3 is 0 Å². The van der Waals surface area contributed by atoms with Crippen molar-refractivity contribution in [1.29, 1.82) is 0 Å². The van der Waals surface area contributed by atoms with E-state index in [2.05, 4.69) is 20.8 Å². The van der Waals surface area contributed by atoms with Gasteiger partial charge in [-0.25, -0.2) is 4.98 Å². The molecule has 7 heteroatoms. The Morgan fingerprint density at radius 2 is 1.96 bits per heavy atom. The summed E-state index contributed by atoms with van der Waals surface area (Å²) in [6, 6.07) is 13.2. The number of thiazole rings is 1. The zero-order valence-corrected chi connectivity index (χ0v) is 17.3. The summed E-state index contributed by atoms with van der Waals surface area (Å²) < 4.78 is 7.28. The van der Waals surface area contributed by atoms with Gasteiger partial charge in [-0.05, 0) is 44.4 Å². The number of aromatic nitrogens is 1. The van der Waals surface area contributed by atoms with Crippen LogP contribution in [0.5, 0.6) is 5.75 Å². The highest BCUT2D eigenvalue weighted by molar-refractivity contribution is 9.10. The molecule has 0 aliphatic carbocycles. The number of carbonyl (C=O) groups excluding carboxylic acids is 1. The lowest BCUT2D eigenvalue weighted by Crippen LogP contribution is -2.36. The van der Waals surface area contributed by atoms with E-state index in [1.165, 1.54) is 11.3 Å². The van der Waals surface area contributed by atoms with Crippen molar-refractivity contribution in [2.75, 3.05) is 39.2 Å². The molecule has 3 rings (SSSR count). The summed E-state index contributed by atoms with van der Waals surface area (Å²) in [6.07, 6.45) is 0. The third-order valence-electron chi connectivity index (χ3n) is 3.91. The number of para-hydroxylation sites is 1. The molecule has 0 atom stereocenters. The van der Waals surface area contributed by atoms with Crippen LogP contribution in [0, 0.1) is 0 Å². The molecular weight excluding hydrogens is 414 g/mol. The molecule has 0 saturated heterocycles. The second-order valence-electron chi connectivity index (χ2n) is 6.07. The van der Waals surface area contributed by atoms with E-state index in [-0.39, 0.29) is 5.91 Å². The molecule has 0 fully saturated rings. The molecule has 136 valence electrons. The molecule has 0 aliphatic rings. The predicted octanol–water partition coefficient (Wildman–Crippen LogP) is 4.28. The minimum absolute atomic E-state index is 0.0637. The summed E-state index contributed by atoms with van der Waals surface area (Å²) in [5.74, 6) is 0.652. The highest BCUT2D eigenvalue weighted by Crippen LogP contribution is 2.34. The molecule has 1 heterocycles. The van der Waals surface area contributed by atoms with E-state index in [1.54, 1.807) is 12.0 Å². The van der Waals surface area contributed by atoms with Gasteiger partial charge in [0.15, 0.2) is 5.13 Å². The summed E-state index contributed by atoms with van der Waals surface area (Å²) in [5.41, 5.74) is 1.41. The second kappa shape index (κ2) is 8.16. The predicted molar refractivity (Wildman–Crippen MR) is 111 cm³/mol. The van der Waals surface area contributed by atoms with Gasteiger partial charge < -0.3 is 9.64 Å². The van der Waals surface area contributed by atoms with Crippen molar-refractivity contribution in [3.63, 3.8) is 0 Å². The Hall–Kier alpha value is -1.96. The number of hydrogen-bond donors (Lipinski definition) is 0. The van der Waals surface area contributed by atoms with Gasteiger partial charge in [-0.3, -0.25) is 9.69 Å². The monoisotopic (exact) mass is 433 g/mol. The molecular formula is C19H20BrN3O2S. The number of anilines is 1. The molecule has 0 N–H and O–H groups in total. The fourth-order valence-electron chi connectivity index (χ4n) is 2.55. The molecule has 0 radical (unpaired) electrons. The molecule has 5 nitrogen and oxygen atoms in total. The Bertz CT molecular complexity index is 926. The Morgan fingerprint density at radius 1 is 1.19 bits per heavy atom. The van der Waals surface area contributed by atoms with Crippen LogP contribution >= 0.6 is 27.3 Å². The minimum atomic E-state index is -0.0637. The lowest BCUT2D eigenvalue weighted by Gasteiger charge is -2.22. The van der Waals surface area contributed by atoms with E-state index in [4.69, 9.17) is 9.72 Å². The molecule has 0 spiro atoms. The molecule has 1 amide bonds. The molecule has 3 aromatic rings. The van der Waals surface area contributed by atoms with Gasteiger partial charge in [0.1, 0.15) is 11.3 Å². The van der Waals surface area contributed by atoms with E-state index < -0.39 is 0 Å². The quantitative estimate of drug-likeness (QED) is 0.581. The first kappa shape index (κ1) is 18.8. The third-order valence-corrected chi connectivity index (χ3v) is 5.45. The van der Waals surface area contributed by atoms with Crippen LogP contribution in [-0.4, -0.2) is 50.1 Å². The molecule has 0 bridgehead atoms. The Kier molecular flexibility index (Phi) is 5.90. The number of hydrogen-bond acceptors (Lipinski definition) is 5. The number of halogens is 1. The average molecular weight is 434 g/mol. The highest BCUT2D eigenvalue weighted by Gasteiger charge is 2.22. The van der Waals surface area contributed by atoms with Crippen molar-refractivity contribution in [3.8, 4) is 5.75 Å². The van der Waals surface area contributed by atoms with E-state index in [1.807, 2.05) is 56.6 Å². The molecule has 0 unspecified atom stereocenters. The lowest BCUT2D eigenvalue weighted by molar-refractivity contribution is 0.0985. The summed E-state index contributed by atoms with van der Waals surface area (Å²) >= 11 is 4.93. The number of ether oxygens (including phenoxy) is 1. The van der Waals surface area contributed by atoms with E-state index >= 15 is 0 Å². The maximum atomic E-state index is 13.2. The first-order valence-electron chi connectivity index (χ1n) is 8.15. The van der Waals surface area contributed by atoms with Gasteiger partial charge in [0.2, 0.25) is 0 Å². The summed E-state index contributed by atoms with van der Waals surface area (Å²) in [7, 11) is 5.61. The van der Waals surface area contributed by atoms with E-state index in [0.717, 1.165) is 21.2 Å². The topological polar surface area (TPSA) is 45.7 Å². The number of carbonyl (C=O) groups is 1. The fourth-order valence-corrected chi connectivity index (χ4v) is 3.96. The smallest absolute Gasteiger partial charge is 0.260 e. The van der Waals surface area contributed by atoms with Crippen molar-refractivity contribution in [2.24, 2.45) is 0 Å². The number of benzene rings is 2. The maximum absolute atomic E-state index is 13.2. The highest BCUT2D eigenvalue weighted by atomic mass is 79.9. The van der Waals surface area contributed by atoms with Crippen LogP contribution in [0.15, 0.2) is 46.9 Å². The summed E-state index contributed by atoms with van der Waals surface area (Å²) in [4.78, 5) is 21.7. The number of likely N-dealkylation sites (N-methyl/N-ethyl adjacent to an activating group) is 1.